The van der Waals surface area contributed by atoms with E-state index in [-0.39, 0.29) is 10.6 Å². The Morgan fingerprint density at radius 3 is 2.31 bits per heavy atom. The lowest BCUT2D eigenvalue weighted by Crippen LogP contribution is -2.17. The molecule has 0 amide bonds. The quantitative estimate of drug-likeness (QED) is 0.723. The highest BCUT2D eigenvalue weighted by Crippen LogP contribution is 2.30. The van der Waals surface area contributed by atoms with Gasteiger partial charge < -0.3 is 5.11 Å². The second kappa shape index (κ2) is 3.45. The fourth-order valence-corrected chi connectivity index (χ4v) is 1.49. The van der Waals surface area contributed by atoms with Crippen molar-refractivity contribution < 1.29 is 9.50 Å². The van der Waals surface area contributed by atoms with Gasteiger partial charge in [-0.15, -0.1) is 0 Å². The molecule has 13 heavy (non-hydrogen) atoms. The lowest BCUT2D eigenvalue weighted by Gasteiger charge is -2.19. The Bertz CT molecular complexity index is 331. The zero-order valence-corrected chi connectivity index (χ0v) is 8.75. The molecule has 1 aromatic rings. The second-order valence-electron chi connectivity index (χ2n) is 3.31. The molecule has 4 heteroatoms. The first-order valence-corrected chi connectivity index (χ1v) is 4.45. The maximum Gasteiger partial charge on any atom is 0.147 e. The number of hydrogen-bond donors (Lipinski definition) is 1. The van der Waals surface area contributed by atoms with E-state index in [0.717, 1.165) is 0 Å². The van der Waals surface area contributed by atoms with Gasteiger partial charge >= 0.3 is 0 Å². The fourth-order valence-electron chi connectivity index (χ4n) is 1.00. The van der Waals surface area contributed by atoms with E-state index in [1.807, 2.05) is 0 Å². The molecule has 0 aromatic heterocycles. The second-order valence-corrected chi connectivity index (χ2v) is 4.15. The molecule has 0 aliphatic carbocycles. The van der Waals surface area contributed by atoms with Crippen LogP contribution in [0.5, 0.6) is 0 Å². The summed E-state index contributed by atoms with van der Waals surface area (Å²) in [4.78, 5) is 0. The average Bonchev–Trinajstić information content (AvgIpc) is 1.94. The predicted octanol–water partition coefficient (Wildman–Crippen LogP) is 3.36. The Kier molecular flexibility index (Phi) is 2.85. The van der Waals surface area contributed by atoms with Crippen molar-refractivity contribution in [3.63, 3.8) is 0 Å². The molecule has 1 N–H and O–H groups in total. The van der Waals surface area contributed by atoms with Gasteiger partial charge in [-0.2, -0.15) is 0 Å². The molecule has 0 spiro atoms. The van der Waals surface area contributed by atoms with Crippen LogP contribution in [0.25, 0.3) is 0 Å². The van der Waals surface area contributed by atoms with Gasteiger partial charge in [0.25, 0.3) is 0 Å². The Morgan fingerprint density at radius 2 is 1.85 bits per heavy atom. The van der Waals surface area contributed by atoms with Crippen molar-refractivity contribution >= 4 is 23.2 Å². The minimum atomic E-state index is -1.28. The van der Waals surface area contributed by atoms with Crippen LogP contribution in [0, 0.1) is 5.82 Å². The van der Waals surface area contributed by atoms with Crippen LogP contribution in [0.15, 0.2) is 12.1 Å². The standard InChI is InChI=1S/C9H9Cl2FO/c1-9(2,13)6-3-5(10)4-7(11)8(6)12/h3-4,13H,1-2H3. The van der Waals surface area contributed by atoms with Crippen molar-refractivity contribution in [2.24, 2.45) is 0 Å². The van der Waals surface area contributed by atoms with Crippen LogP contribution < -0.4 is 0 Å². The van der Waals surface area contributed by atoms with E-state index < -0.39 is 11.4 Å². The number of halogens is 3. The van der Waals surface area contributed by atoms with E-state index in [2.05, 4.69) is 0 Å². The Hall–Kier alpha value is -0.310. The SMILES string of the molecule is CC(C)(O)c1cc(Cl)cc(Cl)c1F. The molecule has 0 radical (unpaired) electrons. The van der Waals surface area contributed by atoms with E-state index in [4.69, 9.17) is 23.2 Å². The summed E-state index contributed by atoms with van der Waals surface area (Å²) in [6, 6.07) is 2.66. The average molecular weight is 223 g/mol. The molecule has 0 bridgehead atoms. The molecule has 0 aliphatic rings. The molecule has 0 aliphatic heterocycles. The minimum Gasteiger partial charge on any atom is -0.386 e. The van der Waals surface area contributed by atoms with Crippen molar-refractivity contribution in [3.05, 3.63) is 33.6 Å². The summed E-state index contributed by atoms with van der Waals surface area (Å²) >= 11 is 11.2. The predicted molar refractivity (Wildman–Crippen MR) is 51.7 cm³/mol. The molecule has 1 nitrogen and oxygen atoms in total. The molecule has 0 fully saturated rings. The molecule has 0 atom stereocenters. The first kappa shape index (κ1) is 10.8. The number of rotatable bonds is 1. The normalized spacial score (nSPS) is 11.8. The summed E-state index contributed by atoms with van der Waals surface area (Å²) in [5.74, 6) is -0.626. The largest absolute Gasteiger partial charge is 0.386 e. The van der Waals surface area contributed by atoms with Gasteiger partial charge in [0.1, 0.15) is 5.82 Å². The highest BCUT2D eigenvalue weighted by Gasteiger charge is 2.22. The van der Waals surface area contributed by atoms with E-state index in [9.17, 15) is 9.50 Å². The van der Waals surface area contributed by atoms with Gasteiger partial charge in [0.15, 0.2) is 0 Å². The Morgan fingerprint density at radius 1 is 1.31 bits per heavy atom. The van der Waals surface area contributed by atoms with Crippen LogP contribution in [-0.2, 0) is 5.60 Å². The van der Waals surface area contributed by atoms with Crippen LogP contribution >= 0.6 is 23.2 Å². The summed E-state index contributed by atoms with van der Waals surface area (Å²) in [5, 5.41) is 9.79. The van der Waals surface area contributed by atoms with Gasteiger partial charge in [0.2, 0.25) is 0 Å². The maximum atomic E-state index is 13.3. The van der Waals surface area contributed by atoms with Crippen LogP contribution in [0.4, 0.5) is 4.39 Å². The molecule has 0 saturated heterocycles. The zero-order chi connectivity index (χ0) is 10.2. The van der Waals surface area contributed by atoms with E-state index in [1.54, 1.807) is 0 Å². The highest BCUT2D eigenvalue weighted by atomic mass is 35.5. The molecular weight excluding hydrogens is 214 g/mol. The van der Waals surface area contributed by atoms with Crippen molar-refractivity contribution in [2.75, 3.05) is 0 Å². The third kappa shape index (κ3) is 2.33. The summed E-state index contributed by atoms with van der Waals surface area (Å²) in [6.45, 7) is 2.94. The number of hydrogen-bond acceptors (Lipinski definition) is 1. The van der Waals surface area contributed by atoms with Gasteiger partial charge in [0, 0.05) is 10.6 Å². The van der Waals surface area contributed by atoms with Gasteiger partial charge in [-0.05, 0) is 26.0 Å². The Balaban J connectivity index is 3.37. The van der Waals surface area contributed by atoms with Gasteiger partial charge in [-0.3, -0.25) is 0 Å². The maximum absolute atomic E-state index is 13.3. The molecular formula is C9H9Cl2FO. The first-order valence-electron chi connectivity index (χ1n) is 3.70. The van der Waals surface area contributed by atoms with Gasteiger partial charge in [-0.1, -0.05) is 23.2 Å². The lowest BCUT2D eigenvalue weighted by molar-refractivity contribution is 0.0746. The van der Waals surface area contributed by atoms with E-state index in [0.29, 0.717) is 5.02 Å². The molecule has 72 valence electrons. The summed E-state index contributed by atoms with van der Waals surface area (Å²) in [7, 11) is 0. The van der Waals surface area contributed by atoms with E-state index in [1.165, 1.54) is 26.0 Å². The molecule has 0 unspecified atom stereocenters. The zero-order valence-electron chi connectivity index (χ0n) is 7.24. The fraction of sp³-hybridized carbons (Fsp3) is 0.333. The van der Waals surface area contributed by atoms with Crippen molar-refractivity contribution in [2.45, 2.75) is 19.4 Å². The van der Waals surface area contributed by atoms with E-state index >= 15 is 0 Å². The molecule has 1 rings (SSSR count). The third-order valence-electron chi connectivity index (χ3n) is 1.65. The van der Waals surface area contributed by atoms with Crippen molar-refractivity contribution in [3.8, 4) is 0 Å². The number of benzene rings is 1. The highest BCUT2D eigenvalue weighted by molar-refractivity contribution is 6.34. The number of aliphatic hydroxyl groups is 1. The van der Waals surface area contributed by atoms with Crippen LogP contribution in [-0.4, -0.2) is 5.11 Å². The summed E-state index contributed by atoms with van der Waals surface area (Å²) in [6.07, 6.45) is 0. The van der Waals surface area contributed by atoms with Crippen molar-refractivity contribution in [1.82, 2.24) is 0 Å². The van der Waals surface area contributed by atoms with Crippen LogP contribution in [0.2, 0.25) is 10.0 Å². The van der Waals surface area contributed by atoms with Crippen LogP contribution in [0.1, 0.15) is 19.4 Å². The third-order valence-corrected chi connectivity index (χ3v) is 2.15. The molecule has 0 heterocycles. The monoisotopic (exact) mass is 222 g/mol. The lowest BCUT2D eigenvalue weighted by atomic mass is 9.98. The summed E-state index contributed by atoms with van der Waals surface area (Å²) in [5.41, 5.74) is -1.18. The molecule has 0 saturated carbocycles. The topological polar surface area (TPSA) is 20.2 Å². The van der Waals surface area contributed by atoms with Gasteiger partial charge in [-0.25, -0.2) is 4.39 Å². The Labute approximate surface area is 86.1 Å². The minimum absolute atomic E-state index is 0.0791. The summed E-state index contributed by atoms with van der Waals surface area (Å²) < 4.78 is 13.3. The van der Waals surface area contributed by atoms with Crippen LogP contribution in [0.3, 0.4) is 0 Å². The van der Waals surface area contributed by atoms with Crippen molar-refractivity contribution in [1.29, 1.82) is 0 Å². The molecule has 1 aromatic carbocycles. The first-order chi connectivity index (χ1) is 5.82. The van der Waals surface area contributed by atoms with Gasteiger partial charge in [0.05, 0.1) is 10.6 Å². The smallest absolute Gasteiger partial charge is 0.147 e.